The summed E-state index contributed by atoms with van der Waals surface area (Å²) in [4.78, 5) is 10.6. The zero-order valence-electron chi connectivity index (χ0n) is 8.99. The van der Waals surface area contributed by atoms with E-state index in [1.54, 1.807) is 18.2 Å². The minimum atomic E-state index is -0.585. The molecule has 18 heavy (non-hydrogen) atoms. The molecule has 2 rings (SSSR count). The lowest BCUT2D eigenvalue weighted by atomic mass is 10.2. The maximum atomic E-state index is 13.0. The number of rotatable bonds is 3. The Kier molecular flexibility index (Phi) is 3.84. The van der Waals surface area contributed by atoms with Crippen molar-refractivity contribution in [1.29, 1.82) is 0 Å². The summed E-state index contributed by atoms with van der Waals surface area (Å²) < 4.78 is 18.4. The van der Waals surface area contributed by atoms with Crippen molar-refractivity contribution >= 4 is 34.5 Å². The predicted octanol–water partition coefficient (Wildman–Crippen LogP) is 4.52. The van der Waals surface area contributed by atoms with Gasteiger partial charge in [-0.1, -0.05) is 11.6 Å². The Bertz CT molecular complexity index is 617. The molecule has 0 radical (unpaired) electrons. The lowest BCUT2D eigenvalue weighted by Crippen LogP contribution is -1.78. The van der Waals surface area contributed by atoms with Gasteiger partial charge in [0.05, 0.1) is 5.02 Å². The molecule has 0 aliphatic rings. The van der Waals surface area contributed by atoms with Crippen molar-refractivity contribution in [2.75, 3.05) is 0 Å². The molecule has 0 unspecified atom stereocenters. The van der Waals surface area contributed by atoms with Crippen LogP contribution in [0.4, 0.5) is 4.39 Å². The average molecular weight is 285 g/mol. The highest BCUT2D eigenvalue weighted by Crippen LogP contribution is 2.26. The number of carbonyl (C=O) groups excluding carboxylic acids is 1. The van der Waals surface area contributed by atoms with E-state index >= 15 is 0 Å². The van der Waals surface area contributed by atoms with Crippen LogP contribution in [0.25, 0.3) is 17.4 Å². The second-order valence-corrected chi connectivity index (χ2v) is 4.25. The van der Waals surface area contributed by atoms with Crippen LogP contribution in [0.3, 0.4) is 0 Å². The van der Waals surface area contributed by atoms with Crippen molar-refractivity contribution < 1.29 is 13.6 Å². The van der Waals surface area contributed by atoms with Gasteiger partial charge in [-0.05, 0) is 48.0 Å². The molecule has 0 atom stereocenters. The standard InChI is InChI=1S/C13H7Cl2FO2/c14-10-7-8(1-4-11(10)16)12-5-2-9(18-12)3-6-13(15)17/h1-7H/b6-3+. The Morgan fingerprint density at radius 3 is 2.72 bits per heavy atom. The second kappa shape index (κ2) is 5.38. The molecule has 92 valence electrons. The molecule has 0 amide bonds. The van der Waals surface area contributed by atoms with Gasteiger partial charge in [0.25, 0.3) is 0 Å². The van der Waals surface area contributed by atoms with Crippen LogP contribution >= 0.6 is 23.2 Å². The highest BCUT2D eigenvalue weighted by molar-refractivity contribution is 6.66. The van der Waals surface area contributed by atoms with Gasteiger partial charge in [0, 0.05) is 11.6 Å². The maximum absolute atomic E-state index is 13.0. The molecule has 0 aliphatic heterocycles. The molecule has 0 bridgehead atoms. The van der Waals surface area contributed by atoms with Gasteiger partial charge < -0.3 is 4.42 Å². The van der Waals surface area contributed by atoms with Gasteiger partial charge in [0.1, 0.15) is 17.3 Å². The molecule has 2 nitrogen and oxygen atoms in total. The van der Waals surface area contributed by atoms with Crippen LogP contribution in [0.1, 0.15) is 5.76 Å². The van der Waals surface area contributed by atoms with Crippen LogP contribution < -0.4 is 0 Å². The number of benzene rings is 1. The van der Waals surface area contributed by atoms with Crippen LogP contribution in [-0.2, 0) is 4.79 Å². The number of carbonyl (C=O) groups is 1. The highest BCUT2D eigenvalue weighted by Gasteiger charge is 2.06. The van der Waals surface area contributed by atoms with Crippen LogP contribution in [0.5, 0.6) is 0 Å². The third kappa shape index (κ3) is 3.00. The number of hydrogen-bond acceptors (Lipinski definition) is 2. The monoisotopic (exact) mass is 284 g/mol. The van der Waals surface area contributed by atoms with Crippen molar-refractivity contribution in [3.05, 3.63) is 53.0 Å². The van der Waals surface area contributed by atoms with Crippen LogP contribution in [0.2, 0.25) is 5.02 Å². The Labute approximate surface area is 113 Å². The first-order chi connectivity index (χ1) is 8.56. The molecule has 0 aliphatic carbocycles. The smallest absolute Gasteiger partial charge is 0.245 e. The summed E-state index contributed by atoms with van der Waals surface area (Å²) in [5.41, 5.74) is 0.651. The molecule has 1 aromatic carbocycles. The normalized spacial score (nSPS) is 11.1. The molecule has 0 saturated heterocycles. The molecule has 0 spiro atoms. The van der Waals surface area contributed by atoms with Gasteiger partial charge in [-0.2, -0.15) is 0 Å². The minimum absolute atomic E-state index is 0.0249. The molecule has 0 saturated carbocycles. The summed E-state index contributed by atoms with van der Waals surface area (Å²) in [6.07, 6.45) is 2.63. The van der Waals surface area contributed by atoms with Crippen molar-refractivity contribution in [3.8, 4) is 11.3 Å². The number of furan rings is 1. The quantitative estimate of drug-likeness (QED) is 0.613. The zero-order chi connectivity index (χ0) is 13.1. The molecule has 5 heteroatoms. The van der Waals surface area contributed by atoms with E-state index in [2.05, 4.69) is 0 Å². The van der Waals surface area contributed by atoms with Crippen LogP contribution in [-0.4, -0.2) is 5.24 Å². The van der Waals surface area contributed by atoms with Crippen molar-refractivity contribution in [1.82, 2.24) is 0 Å². The van der Waals surface area contributed by atoms with E-state index in [0.29, 0.717) is 17.1 Å². The first kappa shape index (κ1) is 12.9. The molecule has 0 fully saturated rings. The summed E-state index contributed by atoms with van der Waals surface area (Å²) in [5.74, 6) is 0.512. The number of allylic oxidation sites excluding steroid dienone is 1. The van der Waals surface area contributed by atoms with Crippen molar-refractivity contribution in [2.45, 2.75) is 0 Å². The Balaban J connectivity index is 2.29. The van der Waals surface area contributed by atoms with Gasteiger partial charge in [0.2, 0.25) is 5.24 Å². The molecule has 1 aromatic heterocycles. The van der Waals surface area contributed by atoms with Crippen molar-refractivity contribution in [2.24, 2.45) is 0 Å². The fourth-order valence-corrected chi connectivity index (χ4v) is 1.64. The van der Waals surface area contributed by atoms with Gasteiger partial charge >= 0.3 is 0 Å². The summed E-state index contributed by atoms with van der Waals surface area (Å²) in [5, 5.41) is -0.560. The van der Waals surface area contributed by atoms with E-state index in [0.717, 1.165) is 0 Å². The first-order valence-electron chi connectivity index (χ1n) is 4.99. The third-order valence-electron chi connectivity index (χ3n) is 2.21. The minimum Gasteiger partial charge on any atom is -0.457 e. The van der Waals surface area contributed by atoms with E-state index < -0.39 is 11.1 Å². The summed E-state index contributed by atoms with van der Waals surface area (Å²) >= 11 is 10.8. The molecular weight excluding hydrogens is 278 g/mol. The van der Waals surface area contributed by atoms with E-state index in [4.69, 9.17) is 27.6 Å². The van der Waals surface area contributed by atoms with Crippen molar-refractivity contribution in [3.63, 3.8) is 0 Å². The number of halogens is 3. The Morgan fingerprint density at radius 1 is 1.28 bits per heavy atom. The van der Waals surface area contributed by atoms with Crippen LogP contribution in [0.15, 0.2) is 40.8 Å². The summed E-state index contributed by atoms with van der Waals surface area (Å²) in [6, 6.07) is 7.65. The van der Waals surface area contributed by atoms with Gasteiger partial charge in [0.15, 0.2) is 0 Å². The lowest BCUT2D eigenvalue weighted by molar-refractivity contribution is -0.107. The molecule has 2 aromatic rings. The van der Waals surface area contributed by atoms with E-state index in [9.17, 15) is 9.18 Å². The fourth-order valence-electron chi connectivity index (χ4n) is 1.39. The van der Waals surface area contributed by atoms with E-state index in [-0.39, 0.29) is 5.02 Å². The van der Waals surface area contributed by atoms with Crippen LogP contribution in [0, 0.1) is 5.82 Å². The van der Waals surface area contributed by atoms with Gasteiger partial charge in [-0.25, -0.2) is 4.39 Å². The van der Waals surface area contributed by atoms with E-state index in [1.807, 2.05) is 0 Å². The SMILES string of the molecule is O=C(Cl)/C=C/c1ccc(-c2ccc(F)c(Cl)c2)o1. The fraction of sp³-hybridized carbons (Fsp3) is 0. The second-order valence-electron chi connectivity index (χ2n) is 3.47. The zero-order valence-corrected chi connectivity index (χ0v) is 10.5. The largest absolute Gasteiger partial charge is 0.457 e. The Morgan fingerprint density at radius 2 is 2.06 bits per heavy atom. The molecule has 0 N–H and O–H groups in total. The lowest BCUT2D eigenvalue weighted by Gasteiger charge is -1.98. The van der Waals surface area contributed by atoms with Gasteiger partial charge in [-0.3, -0.25) is 4.79 Å². The molecular formula is C13H7Cl2FO2. The van der Waals surface area contributed by atoms with Gasteiger partial charge in [-0.15, -0.1) is 0 Å². The highest BCUT2D eigenvalue weighted by atomic mass is 35.5. The Hall–Kier alpha value is -1.58. The predicted molar refractivity (Wildman–Crippen MR) is 69.0 cm³/mol. The average Bonchev–Trinajstić information content (AvgIpc) is 2.79. The third-order valence-corrected chi connectivity index (χ3v) is 2.63. The van der Waals surface area contributed by atoms with E-state index in [1.165, 1.54) is 24.3 Å². The summed E-state index contributed by atoms with van der Waals surface area (Å²) in [7, 11) is 0. The molecule has 1 heterocycles. The first-order valence-corrected chi connectivity index (χ1v) is 5.74. The maximum Gasteiger partial charge on any atom is 0.245 e. The number of hydrogen-bond donors (Lipinski definition) is 0. The topological polar surface area (TPSA) is 30.2 Å². The summed E-state index contributed by atoms with van der Waals surface area (Å²) in [6.45, 7) is 0.